The van der Waals surface area contributed by atoms with E-state index in [2.05, 4.69) is 0 Å². The number of hydrogen-bond donors (Lipinski definition) is 0. The Balaban J connectivity index is 1.83. The lowest BCUT2D eigenvalue weighted by Crippen LogP contribution is -2.15. The number of imidazole rings is 1. The standard InChI is InChI=1S/C26H23ClN2O2S/c1-2-31-23(30)17-29-25(20-13-7-4-8-14-20)24(19-11-5-3-6-12-19)28-26(29)32-18-21-15-9-10-16-22(21)27/h3-16H,2,17-18H2,1H3. The molecule has 0 radical (unpaired) electrons. The Labute approximate surface area is 197 Å². The van der Waals surface area contributed by atoms with E-state index in [1.54, 1.807) is 11.8 Å². The molecule has 0 aliphatic rings. The largest absolute Gasteiger partial charge is 0.465 e. The summed E-state index contributed by atoms with van der Waals surface area (Å²) in [5.74, 6) is 0.350. The van der Waals surface area contributed by atoms with Gasteiger partial charge in [-0.2, -0.15) is 0 Å². The maximum atomic E-state index is 12.5. The van der Waals surface area contributed by atoms with Crippen LogP contribution in [0.4, 0.5) is 0 Å². The molecule has 0 spiro atoms. The second-order valence-electron chi connectivity index (χ2n) is 7.09. The molecule has 0 fully saturated rings. The van der Waals surface area contributed by atoms with Crippen LogP contribution in [0.1, 0.15) is 12.5 Å². The number of halogens is 1. The summed E-state index contributed by atoms with van der Waals surface area (Å²) in [5, 5.41) is 1.46. The van der Waals surface area contributed by atoms with Crippen molar-refractivity contribution in [3.63, 3.8) is 0 Å². The Bertz CT molecular complexity index is 1190. The van der Waals surface area contributed by atoms with Gasteiger partial charge in [-0.25, -0.2) is 4.98 Å². The number of benzene rings is 3. The van der Waals surface area contributed by atoms with Crippen LogP contribution in [0.15, 0.2) is 90.1 Å². The van der Waals surface area contributed by atoms with Crippen LogP contribution in [0.25, 0.3) is 22.5 Å². The van der Waals surface area contributed by atoms with Crippen molar-refractivity contribution in [3.05, 3.63) is 95.5 Å². The number of rotatable bonds is 8. The van der Waals surface area contributed by atoms with Crippen LogP contribution in [-0.4, -0.2) is 22.1 Å². The summed E-state index contributed by atoms with van der Waals surface area (Å²) in [5.41, 5.74) is 4.74. The monoisotopic (exact) mass is 462 g/mol. The zero-order chi connectivity index (χ0) is 22.3. The van der Waals surface area contributed by atoms with Crippen LogP contribution < -0.4 is 0 Å². The maximum Gasteiger partial charge on any atom is 0.326 e. The average molecular weight is 463 g/mol. The zero-order valence-corrected chi connectivity index (χ0v) is 19.3. The Morgan fingerprint density at radius 2 is 1.56 bits per heavy atom. The number of hydrogen-bond acceptors (Lipinski definition) is 4. The quantitative estimate of drug-likeness (QED) is 0.215. The highest BCUT2D eigenvalue weighted by Crippen LogP contribution is 2.37. The van der Waals surface area contributed by atoms with Gasteiger partial charge >= 0.3 is 5.97 Å². The summed E-state index contributed by atoms with van der Waals surface area (Å²) >= 11 is 7.93. The van der Waals surface area contributed by atoms with Crippen molar-refractivity contribution < 1.29 is 9.53 Å². The first kappa shape index (κ1) is 22.2. The van der Waals surface area contributed by atoms with Gasteiger partial charge in [-0.1, -0.05) is 102 Å². The average Bonchev–Trinajstić information content (AvgIpc) is 3.18. The predicted molar refractivity (Wildman–Crippen MR) is 131 cm³/mol. The third-order valence-corrected chi connectivity index (χ3v) is 6.33. The number of thioether (sulfide) groups is 1. The molecule has 0 saturated heterocycles. The van der Waals surface area contributed by atoms with Crippen molar-refractivity contribution in [1.29, 1.82) is 0 Å². The third-order valence-electron chi connectivity index (χ3n) is 4.93. The van der Waals surface area contributed by atoms with E-state index < -0.39 is 0 Å². The number of carbonyl (C=O) groups excluding carboxylic acids is 1. The lowest BCUT2D eigenvalue weighted by atomic mass is 10.0. The van der Waals surface area contributed by atoms with Crippen molar-refractivity contribution in [2.45, 2.75) is 24.4 Å². The van der Waals surface area contributed by atoms with Crippen molar-refractivity contribution in [2.75, 3.05) is 6.61 Å². The number of ether oxygens (including phenoxy) is 1. The highest BCUT2D eigenvalue weighted by atomic mass is 35.5. The summed E-state index contributed by atoms with van der Waals surface area (Å²) in [6.45, 7) is 2.23. The second kappa shape index (κ2) is 10.5. The molecule has 162 valence electrons. The van der Waals surface area contributed by atoms with Gasteiger partial charge in [-0.3, -0.25) is 4.79 Å². The van der Waals surface area contributed by atoms with E-state index in [0.717, 1.165) is 38.3 Å². The molecule has 1 heterocycles. The Kier molecular flexibility index (Phi) is 7.30. The van der Waals surface area contributed by atoms with E-state index in [0.29, 0.717) is 12.4 Å². The third kappa shape index (κ3) is 5.06. The molecule has 0 atom stereocenters. The van der Waals surface area contributed by atoms with E-state index in [9.17, 15) is 4.79 Å². The Hall–Kier alpha value is -3.02. The molecule has 0 unspecified atom stereocenters. The highest BCUT2D eigenvalue weighted by Gasteiger charge is 2.22. The summed E-state index contributed by atoms with van der Waals surface area (Å²) in [4.78, 5) is 17.5. The van der Waals surface area contributed by atoms with Gasteiger partial charge in [0.05, 0.1) is 18.0 Å². The number of carbonyl (C=O) groups is 1. The molecule has 1 aromatic heterocycles. The summed E-state index contributed by atoms with van der Waals surface area (Å²) in [6, 6.07) is 27.8. The highest BCUT2D eigenvalue weighted by molar-refractivity contribution is 7.98. The first-order valence-electron chi connectivity index (χ1n) is 10.4. The van der Waals surface area contributed by atoms with Gasteiger partial charge in [-0.15, -0.1) is 0 Å². The van der Waals surface area contributed by atoms with Crippen LogP contribution in [0.2, 0.25) is 5.02 Å². The molecule has 0 N–H and O–H groups in total. The normalized spacial score (nSPS) is 10.8. The number of esters is 1. The van der Waals surface area contributed by atoms with Gasteiger partial charge in [0.25, 0.3) is 0 Å². The minimum atomic E-state index is -0.290. The minimum absolute atomic E-state index is 0.0861. The maximum absolute atomic E-state index is 12.5. The van der Waals surface area contributed by atoms with Crippen LogP contribution in [0, 0.1) is 0 Å². The molecule has 0 saturated carbocycles. The molecule has 4 nitrogen and oxygen atoms in total. The molecule has 32 heavy (non-hydrogen) atoms. The second-order valence-corrected chi connectivity index (χ2v) is 8.44. The van der Waals surface area contributed by atoms with Crippen molar-refractivity contribution in [1.82, 2.24) is 9.55 Å². The predicted octanol–water partition coefficient (Wildman–Crippen LogP) is 6.73. The molecule has 4 aromatic rings. The molecule has 0 aliphatic heterocycles. The molecule has 0 bridgehead atoms. The van der Waals surface area contributed by atoms with Gasteiger partial charge in [0.2, 0.25) is 0 Å². The van der Waals surface area contributed by atoms with E-state index in [-0.39, 0.29) is 12.5 Å². The van der Waals surface area contributed by atoms with Gasteiger partial charge in [0.1, 0.15) is 6.54 Å². The summed E-state index contributed by atoms with van der Waals surface area (Å²) in [6.07, 6.45) is 0. The van der Waals surface area contributed by atoms with Crippen molar-refractivity contribution >= 4 is 29.3 Å². The molecule has 4 rings (SSSR count). The fraction of sp³-hybridized carbons (Fsp3) is 0.154. The summed E-state index contributed by atoms with van der Waals surface area (Å²) < 4.78 is 7.23. The van der Waals surface area contributed by atoms with Crippen molar-refractivity contribution in [2.24, 2.45) is 0 Å². The lowest BCUT2D eigenvalue weighted by molar-refractivity contribution is -0.143. The smallest absolute Gasteiger partial charge is 0.326 e. The van der Waals surface area contributed by atoms with Gasteiger partial charge in [-0.05, 0) is 18.6 Å². The summed E-state index contributed by atoms with van der Waals surface area (Å²) in [7, 11) is 0. The van der Waals surface area contributed by atoms with Crippen LogP contribution in [-0.2, 0) is 21.8 Å². The molecule has 3 aromatic carbocycles. The van der Waals surface area contributed by atoms with Gasteiger partial charge in [0, 0.05) is 21.9 Å². The van der Waals surface area contributed by atoms with Crippen molar-refractivity contribution in [3.8, 4) is 22.5 Å². The molecular weight excluding hydrogens is 440 g/mol. The van der Waals surface area contributed by atoms with E-state index in [4.69, 9.17) is 21.3 Å². The fourth-order valence-electron chi connectivity index (χ4n) is 3.47. The van der Waals surface area contributed by atoms with Crippen LogP contribution in [0.3, 0.4) is 0 Å². The molecule has 6 heteroatoms. The topological polar surface area (TPSA) is 44.1 Å². The fourth-order valence-corrected chi connectivity index (χ4v) is 4.75. The van der Waals surface area contributed by atoms with E-state index in [1.165, 1.54) is 0 Å². The van der Waals surface area contributed by atoms with E-state index >= 15 is 0 Å². The number of aromatic nitrogens is 2. The lowest BCUT2D eigenvalue weighted by Gasteiger charge is -2.12. The minimum Gasteiger partial charge on any atom is -0.465 e. The van der Waals surface area contributed by atoms with Crippen LogP contribution >= 0.6 is 23.4 Å². The Morgan fingerprint density at radius 3 is 2.22 bits per heavy atom. The number of nitrogens with zero attached hydrogens (tertiary/aromatic N) is 2. The van der Waals surface area contributed by atoms with Crippen LogP contribution in [0.5, 0.6) is 0 Å². The first-order chi connectivity index (χ1) is 15.7. The van der Waals surface area contributed by atoms with E-state index in [1.807, 2.05) is 96.4 Å². The molecular formula is C26H23ClN2O2S. The first-order valence-corrected chi connectivity index (χ1v) is 11.8. The van der Waals surface area contributed by atoms with Gasteiger partial charge in [0.15, 0.2) is 5.16 Å². The Morgan fingerprint density at radius 1 is 0.938 bits per heavy atom. The zero-order valence-electron chi connectivity index (χ0n) is 17.7. The van der Waals surface area contributed by atoms with Gasteiger partial charge < -0.3 is 9.30 Å². The molecule has 0 amide bonds. The molecule has 0 aliphatic carbocycles. The SMILES string of the molecule is CCOC(=O)Cn1c(SCc2ccccc2Cl)nc(-c2ccccc2)c1-c1ccccc1.